The summed E-state index contributed by atoms with van der Waals surface area (Å²) in [6.07, 6.45) is 5.34. The number of pyridine rings is 1. The van der Waals surface area contributed by atoms with Crippen LogP contribution in [-0.2, 0) is 9.53 Å². The van der Waals surface area contributed by atoms with Crippen molar-refractivity contribution in [2.45, 2.75) is 31.8 Å². The highest BCUT2D eigenvalue weighted by Gasteiger charge is 2.16. The Hall–Kier alpha value is -1.46. The molecular formula is C14H21N3O2. The van der Waals surface area contributed by atoms with Crippen molar-refractivity contribution in [2.75, 3.05) is 19.8 Å². The molecule has 1 amide bonds. The van der Waals surface area contributed by atoms with Crippen LogP contribution in [-0.4, -0.2) is 36.7 Å². The summed E-state index contributed by atoms with van der Waals surface area (Å²) in [5.41, 5.74) is 1.13. The lowest BCUT2D eigenvalue weighted by atomic mass is 10.1. The predicted molar refractivity (Wildman–Crippen MR) is 72.6 cm³/mol. The van der Waals surface area contributed by atoms with Gasteiger partial charge in [-0.15, -0.1) is 0 Å². The van der Waals surface area contributed by atoms with E-state index in [-0.39, 0.29) is 18.0 Å². The minimum atomic E-state index is 0.0489. The molecule has 2 heterocycles. The largest absolute Gasteiger partial charge is 0.381 e. The van der Waals surface area contributed by atoms with E-state index >= 15 is 0 Å². The second-order valence-corrected chi connectivity index (χ2v) is 4.84. The van der Waals surface area contributed by atoms with E-state index in [1.165, 1.54) is 0 Å². The van der Waals surface area contributed by atoms with Crippen LogP contribution >= 0.6 is 0 Å². The first-order valence-corrected chi connectivity index (χ1v) is 6.76. The molecule has 0 aromatic carbocycles. The average molecular weight is 263 g/mol. The quantitative estimate of drug-likeness (QED) is 0.833. The minimum Gasteiger partial charge on any atom is -0.381 e. The van der Waals surface area contributed by atoms with Crippen LogP contribution in [0.5, 0.6) is 0 Å². The minimum absolute atomic E-state index is 0.0489. The smallest absolute Gasteiger partial charge is 0.234 e. The zero-order valence-electron chi connectivity index (χ0n) is 11.3. The topological polar surface area (TPSA) is 63.2 Å². The van der Waals surface area contributed by atoms with E-state index in [0.29, 0.717) is 6.54 Å². The van der Waals surface area contributed by atoms with Crippen LogP contribution < -0.4 is 10.6 Å². The van der Waals surface area contributed by atoms with Crippen molar-refractivity contribution in [2.24, 2.45) is 0 Å². The SMILES string of the molecule is C[C@H](NCC(=O)NC1CCOCC1)c1ccncc1. The summed E-state index contributed by atoms with van der Waals surface area (Å²) in [5, 5.41) is 6.25. The number of ether oxygens (including phenoxy) is 1. The third-order valence-corrected chi connectivity index (χ3v) is 3.36. The molecule has 104 valence electrons. The Morgan fingerprint density at radius 3 is 2.79 bits per heavy atom. The highest BCUT2D eigenvalue weighted by molar-refractivity contribution is 5.78. The van der Waals surface area contributed by atoms with Gasteiger partial charge in [0.05, 0.1) is 6.54 Å². The first-order chi connectivity index (χ1) is 9.25. The van der Waals surface area contributed by atoms with E-state index in [9.17, 15) is 4.79 Å². The van der Waals surface area contributed by atoms with Crippen LogP contribution in [0.25, 0.3) is 0 Å². The lowest BCUT2D eigenvalue weighted by Gasteiger charge is -2.23. The van der Waals surface area contributed by atoms with Crippen molar-refractivity contribution in [3.8, 4) is 0 Å². The number of amides is 1. The van der Waals surface area contributed by atoms with Gasteiger partial charge >= 0.3 is 0 Å². The van der Waals surface area contributed by atoms with Crippen molar-refractivity contribution >= 4 is 5.91 Å². The zero-order chi connectivity index (χ0) is 13.5. The fourth-order valence-electron chi connectivity index (χ4n) is 2.14. The van der Waals surface area contributed by atoms with Crippen molar-refractivity contribution in [3.63, 3.8) is 0 Å². The first-order valence-electron chi connectivity index (χ1n) is 6.76. The second kappa shape index (κ2) is 7.21. The van der Waals surface area contributed by atoms with Crippen LogP contribution in [0.2, 0.25) is 0 Å². The van der Waals surface area contributed by atoms with Crippen LogP contribution in [0, 0.1) is 0 Å². The average Bonchev–Trinajstić information content (AvgIpc) is 2.47. The van der Waals surface area contributed by atoms with Gasteiger partial charge in [-0.1, -0.05) is 0 Å². The standard InChI is InChI=1S/C14H21N3O2/c1-11(12-2-6-15-7-3-12)16-10-14(18)17-13-4-8-19-9-5-13/h2-3,6-7,11,13,16H,4-5,8-10H2,1H3,(H,17,18)/t11-/m0/s1. The summed E-state index contributed by atoms with van der Waals surface area (Å²) >= 11 is 0. The molecule has 1 aliphatic rings. The van der Waals surface area contributed by atoms with Gasteiger partial charge in [-0.05, 0) is 37.5 Å². The molecule has 0 spiro atoms. The molecule has 1 fully saturated rings. The zero-order valence-corrected chi connectivity index (χ0v) is 11.3. The highest BCUT2D eigenvalue weighted by atomic mass is 16.5. The van der Waals surface area contributed by atoms with Gasteiger partial charge in [0.25, 0.3) is 0 Å². The Balaban J connectivity index is 1.71. The molecule has 2 rings (SSSR count). The van der Waals surface area contributed by atoms with Gasteiger partial charge in [0.2, 0.25) is 5.91 Å². The van der Waals surface area contributed by atoms with Gasteiger partial charge in [-0.25, -0.2) is 0 Å². The van der Waals surface area contributed by atoms with Crippen molar-refractivity contribution in [3.05, 3.63) is 30.1 Å². The normalized spacial score (nSPS) is 17.9. The number of hydrogen-bond donors (Lipinski definition) is 2. The molecule has 19 heavy (non-hydrogen) atoms. The Labute approximate surface area is 113 Å². The third-order valence-electron chi connectivity index (χ3n) is 3.36. The van der Waals surface area contributed by atoms with E-state index in [1.807, 2.05) is 19.1 Å². The van der Waals surface area contributed by atoms with E-state index in [2.05, 4.69) is 15.6 Å². The molecular weight excluding hydrogens is 242 g/mol. The number of nitrogens with zero attached hydrogens (tertiary/aromatic N) is 1. The maximum absolute atomic E-state index is 11.8. The lowest BCUT2D eigenvalue weighted by molar-refractivity contribution is -0.121. The first kappa shape index (κ1) is 14.0. The van der Waals surface area contributed by atoms with E-state index < -0.39 is 0 Å². The van der Waals surface area contributed by atoms with Crippen LogP contribution in [0.1, 0.15) is 31.4 Å². The molecule has 0 bridgehead atoms. The molecule has 1 saturated heterocycles. The molecule has 0 saturated carbocycles. The van der Waals surface area contributed by atoms with Crippen molar-refractivity contribution < 1.29 is 9.53 Å². The van der Waals surface area contributed by atoms with Gasteiger partial charge in [0.1, 0.15) is 0 Å². The fraction of sp³-hybridized carbons (Fsp3) is 0.571. The number of nitrogens with one attached hydrogen (secondary N) is 2. The van der Waals surface area contributed by atoms with Gasteiger partial charge in [-0.2, -0.15) is 0 Å². The molecule has 1 atom stereocenters. The summed E-state index contributed by atoms with van der Waals surface area (Å²) in [4.78, 5) is 15.8. The molecule has 0 unspecified atom stereocenters. The molecule has 0 aliphatic carbocycles. The fourth-order valence-corrected chi connectivity index (χ4v) is 2.14. The molecule has 5 heteroatoms. The van der Waals surface area contributed by atoms with E-state index in [4.69, 9.17) is 4.74 Å². The number of aromatic nitrogens is 1. The number of carbonyl (C=O) groups excluding carboxylic acids is 1. The number of rotatable bonds is 5. The number of carbonyl (C=O) groups is 1. The number of hydrogen-bond acceptors (Lipinski definition) is 4. The maximum atomic E-state index is 11.8. The Morgan fingerprint density at radius 1 is 1.42 bits per heavy atom. The molecule has 1 aliphatic heterocycles. The third kappa shape index (κ3) is 4.61. The van der Waals surface area contributed by atoms with Crippen LogP contribution in [0.3, 0.4) is 0 Å². The summed E-state index contributed by atoms with van der Waals surface area (Å²) < 4.78 is 5.26. The summed E-state index contributed by atoms with van der Waals surface area (Å²) in [6.45, 7) is 3.86. The van der Waals surface area contributed by atoms with Gasteiger partial charge < -0.3 is 15.4 Å². The van der Waals surface area contributed by atoms with Gasteiger partial charge in [0, 0.05) is 37.7 Å². The van der Waals surface area contributed by atoms with Crippen LogP contribution in [0.4, 0.5) is 0 Å². The maximum Gasteiger partial charge on any atom is 0.234 e. The van der Waals surface area contributed by atoms with Crippen molar-refractivity contribution in [1.29, 1.82) is 0 Å². The highest BCUT2D eigenvalue weighted by Crippen LogP contribution is 2.09. The Bertz CT molecular complexity index is 391. The summed E-state index contributed by atoms with van der Waals surface area (Å²) in [6, 6.07) is 4.31. The molecule has 1 aromatic rings. The van der Waals surface area contributed by atoms with Gasteiger partial charge in [-0.3, -0.25) is 9.78 Å². The van der Waals surface area contributed by atoms with Gasteiger partial charge in [0.15, 0.2) is 0 Å². The van der Waals surface area contributed by atoms with Crippen LogP contribution in [0.15, 0.2) is 24.5 Å². The molecule has 2 N–H and O–H groups in total. The monoisotopic (exact) mass is 263 g/mol. The molecule has 5 nitrogen and oxygen atoms in total. The summed E-state index contributed by atoms with van der Waals surface area (Å²) in [7, 11) is 0. The second-order valence-electron chi connectivity index (χ2n) is 4.84. The molecule has 0 radical (unpaired) electrons. The molecule has 1 aromatic heterocycles. The van der Waals surface area contributed by atoms with Crippen molar-refractivity contribution in [1.82, 2.24) is 15.6 Å². The Kier molecular flexibility index (Phi) is 5.30. The predicted octanol–water partition coefficient (Wildman–Crippen LogP) is 1.03. The van der Waals surface area contributed by atoms with E-state index in [0.717, 1.165) is 31.6 Å². The Morgan fingerprint density at radius 2 is 2.11 bits per heavy atom. The summed E-state index contributed by atoms with van der Waals surface area (Å²) in [5.74, 6) is 0.0489. The van der Waals surface area contributed by atoms with E-state index in [1.54, 1.807) is 12.4 Å². The lowest BCUT2D eigenvalue weighted by Crippen LogP contribution is -2.43.